The minimum atomic E-state index is -0.759. The minimum Gasteiger partial charge on any atom is -0.462 e. The Balaban J connectivity index is 4.36. The first-order chi connectivity index (χ1) is 23.2. The Hall–Kier alpha value is -1.59. The molecular weight excluding hydrogens is 600 g/mol. The summed E-state index contributed by atoms with van der Waals surface area (Å²) in [6.07, 6.45) is 31.0. The smallest absolute Gasteiger partial charge is 0.306 e. The van der Waals surface area contributed by atoms with Gasteiger partial charge in [-0.1, -0.05) is 182 Å². The fourth-order valence-electron chi connectivity index (χ4n) is 6.05. The van der Waals surface area contributed by atoms with E-state index in [9.17, 15) is 14.4 Å². The second kappa shape index (κ2) is 35.2. The zero-order valence-electron chi connectivity index (χ0n) is 32.6. The third-order valence-corrected chi connectivity index (χ3v) is 9.22. The molecule has 0 aromatic carbocycles. The Labute approximate surface area is 298 Å². The molecular formula is C42H80O6. The first-order valence-corrected chi connectivity index (χ1v) is 20.7. The van der Waals surface area contributed by atoms with Crippen molar-refractivity contribution in [2.75, 3.05) is 13.2 Å². The van der Waals surface area contributed by atoms with Crippen LogP contribution in [-0.4, -0.2) is 37.2 Å². The summed E-state index contributed by atoms with van der Waals surface area (Å²) >= 11 is 0. The van der Waals surface area contributed by atoms with E-state index in [1.165, 1.54) is 109 Å². The first-order valence-electron chi connectivity index (χ1n) is 20.7. The van der Waals surface area contributed by atoms with Gasteiger partial charge in [0.15, 0.2) is 6.10 Å². The fraction of sp³-hybridized carbons (Fsp3) is 0.929. The molecule has 6 nitrogen and oxygen atoms in total. The topological polar surface area (TPSA) is 78.9 Å². The largest absolute Gasteiger partial charge is 0.462 e. The molecule has 0 aliphatic rings. The molecule has 0 N–H and O–H groups in total. The first kappa shape index (κ1) is 46.4. The van der Waals surface area contributed by atoms with E-state index in [2.05, 4.69) is 34.6 Å². The number of ether oxygens (including phenoxy) is 3. The van der Waals surface area contributed by atoms with Crippen LogP contribution in [-0.2, 0) is 28.6 Å². The van der Waals surface area contributed by atoms with Gasteiger partial charge in [-0.05, 0) is 31.1 Å². The summed E-state index contributed by atoms with van der Waals surface area (Å²) in [5, 5.41) is 0. The standard InChI is InChI=1S/C42H80O6/c1-6-7-8-9-10-11-12-16-22-27-32-40(43)46-35-39(36-47-41(44)33-28-23-19-18-21-26-31-38(4)5)48-42(45)34-29-24-17-14-13-15-20-25-30-37(2)3/h37-39H,6-36H2,1-5H3/t39-/m1/s1. The van der Waals surface area contributed by atoms with E-state index in [4.69, 9.17) is 14.2 Å². The normalized spacial score (nSPS) is 12.1. The lowest BCUT2D eigenvalue weighted by Gasteiger charge is -2.18. The predicted molar refractivity (Wildman–Crippen MR) is 201 cm³/mol. The van der Waals surface area contributed by atoms with E-state index < -0.39 is 6.10 Å². The van der Waals surface area contributed by atoms with E-state index in [0.29, 0.717) is 19.3 Å². The Morgan fingerprint density at radius 2 is 0.688 bits per heavy atom. The Morgan fingerprint density at radius 3 is 1.02 bits per heavy atom. The lowest BCUT2D eigenvalue weighted by Crippen LogP contribution is -2.30. The van der Waals surface area contributed by atoms with Crippen LogP contribution in [0.5, 0.6) is 0 Å². The highest BCUT2D eigenvalue weighted by molar-refractivity contribution is 5.71. The van der Waals surface area contributed by atoms with Crippen LogP contribution in [0.15, 0.2) is 0 Å². The Kier molecular flexibility index (Phi) is 34.1. The second-order valence-corrected chi connectivity index (χ2v) is 15.2. The van der Waals surface area contributed by atoms with Crippen LogP contribution < -0.4 is 0 Å². The van der Waals surface area contributed by atoms with E-state index in [-0.39, 0.29) is 31.1 Å². The molecule has 6 heteroatoms. The quantitative estimate of drug-likeness (QED) is 0.0372. The third kappa shape index (κ3) is 35.7. The van der Waals surface area contributed by atoms with Gasteiger partial charge in [-0.25, -0.2) is 0 Å². The van der Waals surface area contributed by atoms with E-state index in [0.717, 1.165) is 69.6 Å². The molecule has 1 atom stereocenters. The molecule has 0 rings (SSSR count). The van der Waals surface area contributed by atoms with Crippen LogP contribution in [0.1, 0.15) is 221 Å². The van der Waals surface area contributed by atoms with Crippen LogP contribution in [0.3, 0.4) is 0 Å². The molecule has 0 fully saturated rings. The Morgan fingerprint density at radius 1 is 0.396 bits per heavy atom. The van der Waals surface area contributed by atoms with Gasteiger partial charge >= 0.3 is 17.9 Å². The molecule has 0 spiro atoms. The van der Waals surface area contributed by atoms with Gasteiger partial charge < -0.3 is 14.2 Å². The van der Waals surface area contributed by atoms with Gasteiger partial charge in [0.25, 0.3) is 0 Å². The summed E-state index contributed by atoms with van der Waals surface area (Å²) in [6, 6.07) is 0. The number of hydrogen-bond acceptors (Lipinski definition) is 6. The fourth-order valence-corrected chi connectivity index (χ4v) is 6.05. The summed E-state index contributed by atoms with van der Waals surface area (Å²) in [7, 11) is 0. The van der Waals surface area contributed by atoms with Crippen LogP contribution >= 0.6 is 0 Å². The van der Waals surface area contributed by atoms with Crippen LogP contribution in [0.2, 0.25) is 0 Å². The van der Waals surface area contributed by atoms with E-state index >= 15 is 0 Å². The van der Waals surface area contributed by atoms with Crippen molar-refractivity contribution in [2.24, 2.45) is 11.8 Å². The van der Waals surface area contributed by atoms with E-state index in [1.807, 2.05) is 0 Å². The molecule has 0 unspecified atom stereocenters. The maximum absolute atomic E-state index is 12.6. The van der Waals surface area contributed by atoms with Crippen molar-refractivity contribution in [3.05, 3.63) is 0 Å². The SMILES string of the molecule is CCCCCCCCCCCCC(=O)OC[C@H](COC(=O)CCCCCCCCC(C)C)OC(=O)CCCCCCCCCCC(C)C. The summed E-state index contributed by atoms with van der Waals surface area (Å²) < 4.78 is 16.6. The number of hydrogen-bond donors (Lipinski definition) is 0. The lowest BCUT2D eigenvalue weighted by atomic mass is 10.0. The summed E-state index contributed by atoms with van der Waals surface area (Å²) in [5.74, 6) is 0.686. The zero-order valence-corrected chi connectivity index (χ0v) is 32.6. The van der Waals surface area contributed by atoms with Gasteiger partial charge in [-0.2, -0.15) is 0 Å². The zero-order chi connectivity index (χ0) is 35.5. The van der Waals surface area contributed by atoms with E-state index in [1.54, 1.807) is 0 Å². The predicted octanol–water partition coefficient (Wildman–Crippen LogP) is 12.6. The molecule has 0 radical (unpaired) electrons. The molecule has 0 heterocycles. The van der Waals surface area contributed by atoms with Crippen molar-refractivity contribution in [3.8, 4) is 0 Å². The van der Waals surface area contributed by atoms with Crippen molar-refractivity contribution in [1.82, 2.24) is 0 Å². The maximum Gasteiger partial charge on any atom is 0.306 e. The second-order valence-electron chi connectivity index (χ2n) is 15.2. The molecule has 0 aromatic heterocycles. The van der Waals surface area contributed by atoms with Gasteiger partial charge in [-0.15, -0.1) is 0 Å². The highest BCUT2D eigenvalue weighted by atomic mass is 16.6. The van der Waals surface area contributed by atoms with Crippen molar-refractivity contribution in [3.63, 3.8) is 0 Å². The monoisotopic (exact) mass is 681 g/mol. The molecule has 0 aliphatic heterocycles. The van der Waals surface area contributed by atoms with Gasteiger partial charge in [-0.3, -0.25) is 14.4 Å². The van der Waals surface area contributed by atoms with Crippen LogP contribution in [0.4, 0.5) is 0 Å². The van der Waals surface area contributed by atoms with Crippen molar-refractivity contribution >= 4 is 17.9 Å². The third-order valence-electron chi connectivity index (χ3n) is 9.22. The number of carbonyl (C=O) groups is 3. The molecule has 0 amide bonds. The average molecular weight is 681 g/mol. The summed E-state index contributed by atoms with van der Waals surface area (Å²) in [4.78, 5) is 37.5. The molecule has 0 saturated heterocycles. The molecule has 0 saturated carbocycles. The molecule has 0 aromatic rings. The highest BCUT2D eigenvalue weighted by Gasteiger charge is 2.19. The maximum atomic E-state index is 12.6. The molecule has 48 heavy (non-hydrogen) atoms. The molecule has 284 valence electrons. The van der Waals surface area contributed by atoms with Gasteiger partial charge in [0, 0.05) is 19.3 Å². The van der Waals surface area contributed by atoms with Crippen molar-refractivity contribution in [1.29, 1.82) is 0 Å². The Bertz CT molecular complexity index is 734. The number of esters is 3. The average Bonchev–Trinajstić information content (AvgIpc) is 3.05. The lowest BCUT2D eigenvalue weighted by molar-refractivity contribution is -0.167. The van der Waals surface area contributed by atoms with Gasteiger partial charge in [0.05, 0.1) is 0 Å². The molecule has 0 bridgehead atoms. The number of carbonyl (C=O) groups excluding carboxylic acids is 3. The van der Waals surface area contributed by atoms with Crippen LogP contribution in [0.25, 0.3) is 0 Å². The number of unbranched alkanes of at least 4 members (excludes halogenated alkanes) is 21. The van der Waals surface area contributed by atoms with Gasteiger partial charge in [0.2, 0.25) is 0 Å². The number of rotatable bonds is 36. The summed E-state index contributed by atoms with van der Waals surface area (Å²) in [5.41, 5.74) is 0. The highest BCUT2D eigenvalue weighted by Crippen LogP contribution is 2.15. The minimum absolute atomic E-state index is 0.0667. The summed E-state index contributed by atoms with van der Waals surface area (Å²) in [6.45, 7) is 11.2. The van der Waals surface area contributed by atoms with Gasteiger partial charge in [0.1, 0.15) is 13.2 Å². The van der Waals surface area contributed by atoms with Crippen LogP contribution in [0, 0.1) is 11.8 Å². The van der Waals surface area contributed by atoms with Crippen molar-refractivity contribution in [2.45, 2.75) is 227 Å². The molecule has 0 aliphatic carbocycles. The van der Waals surface area contributed by atoms with Crippen molar-refractivity contribution < 1.29 is 28.6 Å².